The third-order valence-corrected chi connectivity index (χ3v) is 6.16. The second-order valence-electron chi connectivity index (χ2n) is 8.72. The highest BCUT2D eigenvalue weighted by molar-refractivity contribution is 6.00. The molecule has 1 aliphatic rings. The van der Waals surface area contributed by atoms with Gasteiger partial charge < -0.3 is 19.2 Å². The lowest BCUT2D eigenvalue weighted by atomic mass is 9.99. The number of rotatable bonds is 9. The van der Waals surface area contributed by atoms with Crippen LogP contribution in [0.1, 0.15) is 31.4 Å². The molecular weight excluding hydrogens is 428 g/mol. The molecule has 6 heteroatoms. The Kier molecular flexibility index (Phi) is 8.03. The number of benzene rings is 2. The highest BCUT2D eigenvalue weighted by Gasteiger charge is 2.15. The second-order valence-corrected chi connectivity index (χ2v) is 8.72. The summed E-state index contributed by atoms with van der Waals surface area (Å²) in [5.74, 6) is 0.627. The smallest absolute Gasteiger partial charge is 0.244 e. The van der Waals surface area contributed by atoms with Crippen LogP contribution in [0.5, 0.6) is 5.75 Å². The van der Waals surface area contributed by atoms with Gasteiger partial charge in [0.1, 0.15) is 11.3 Å². The predicted molar refractivity (Wildman–Crippen MR) is 136 cm³/mol. The summed E-state index contributed by atoms with van der Waals surface area (Å²) in [5.41, 5.74) is 5.85. The summed E-state index contributed by atoms with van der Waals surface area (Å²) in [4.78, 5) is 15.0. The Bertz CT molecular complexity index is 1140. The molecule has 0 atom stereocenters. The van der Waals surface area contributed by atoms with Crippen molar-refractivity contribution in [3.8, 4) is 16.9 Å². The SMILES string of the molecule is CCOc1cc2occ(-c3ccc(C)cc3)c2cc1/C(C)=C/C(=O)NCCCN1CCOCC1. The number of amides is 1. The van der Waals surface area contributed by atoms with Gasteiger partial charge in [-0.15, -0.1) is 0 Å². The number of ether oxygens (including phenoxy) is 2. The van der Waals surface area contributed by atoms with E-state index in [4.69, 9.17) is 13.9 Å². The number of nitrogens with one attached hydrogen (secondary N) is 1. The molecule has 1 amide bonds. The summed E-state index contributed by atoms with van der Waals surface area (Å²) in [6.45, 7) is 11.7. The van der Waals surface area contributed by atoms with Gasteiger partial charge in [0.05, 0.1) is 26.1 Å². The maximum Gasteiger partial charge on any atom is 0.244 e. The number of nitrogens with zero attached hydrogens (tertiary/aromatic N) is 1. The molecule has 0 spiro atoms. The number of carbonyl (C=O) groups is 1. The number of morpholine rings is 1. The Morgan fingerprint density at radius 3 is 2.68 bits per heavy atom. The van der Waals surface area contributed by atoms with Gasteiger partial charge in [-0.3, -0.25) is 9.69 Å². The maximum absolute atomic E-state index is 12.6. The number of hydrogen-bond donors (Lipinski definition) is 1. The van der Waals surface area contributed by atoms with Gasteiger partial charge in [-0.2, -0.15) is 0 Å². The first-order valence-electron chi connectivity index (χ1n) is 12.1. The summed E-state index contributed by atoms with van der Waals surface area (Å²) in [7, 11) is 0. The van der Waals surface area contributed by atoms with Crippen LogP contribution in [0.2, 0.25) is 0 Å². The van der Waals surface area contributed by atoms with Gasteiger partial charge in [-0.1, -0.05) is 29.8 Å². The summed E-state index contributed by atoms with van der Waals surface area (Å²) < 4.78 is 17.1. The first kappa shape index (κ1) is 24.0. The number of aryl methyl sites for hydroxylation is 1. The van der Waals surface area contributed by atoms with Crippen LogP contribution in [-0.2, 0) is 9.53 Å². The van der Waals surface area contributed by atoms with Crippen LogP contribution in [0, 0.1) is 6.92 Å². The first-order valence-corrected chi connectivity index (χ1v) is 12.1. The minimum absolute atomic E-state index is 0.0898. The van der Waals surface area contributed by atoms with E-state index in [1.807, 2.05) is 19.9 Å². The molecule has 2 aromatic carbocycles. The molecule has 0 bridgehead atoms. The minimum Gasteiger partial charge on any atom is -0.493 e. The molecular formula is C28H34N2O4. The summed E-state index contributed by atoms with van der Waals surface area (Å²) in [6, 6.07) is 12.4. The standard InChI is InChI=1S/C28H34N2O4/c1-4-33-26-18-27-24(25(19-34-27)22-8-6-20(2)7-9-22)17-23(26)21(3)16-28(31)29-10-5-11-30-12-14-32-15-13-30/h6-9,16-19H,4-5,10-15H2,1-3H3,(H,29,31)/b21-16+. The van der Waals surface area contributed by atoms with E-state index in [0.29, 0.717) is 18.9 Å². The van der Waals surface area contributed by atoms with Crippen LogP contribution < -0.4 is 10.1 Å². The minimum atomic E-state index is -0.0898. The molecule has 6 nitrogen and oxygen atoms in total. The third kappa shape index (κ3) is 5.88. The van der Waals surface area contributed by atoms with E-state index in [1.165, 1.54) is 5.56 Å². The summed E-state index contributed by atoms with van der Waals surface area (Å²) in [6.07, 6.45) is 4.36. The number of hydrogen-bond acceptors (Lipinski definition) is 5. The van der Waals surface area contributed by atoms with E-state index in [-0.39, 0.29) is 5.91 Å². The molecule has 3 aromatic rings. The average Bonchev–Trinajstić information content (AvgIpc) is 3.25. The van der Waals surface area contributed by atoms with E-state index in [0.717, 1.165) is 72.5 Å². The van der Waals surface area contributed by atoms with Crippen molar-refractivity contribution in [2.75, 3.05) is 46.0 Å². The molecule has 1 saturated heterocycles. The highest BCUT2D eigenvalue weighted by Crippen LogP contribution is 2.37. The Morgan fingerprint density at radius 1 is 1.18 bits per heavy atom. The van der Waals surface area contributed by atoms with Crippen molar-refractivity contribution >= 4 is 22.4 Å². The fourth-order valence-corrected chi connectivity index (χ4v) is 4.26. The molecule has 0 aliphatic carbocycles. The van der Waals surface area contributed by atoms with Crippen LogP contribution in [0.25, 0.3) is 27.7 Å². The Balaban J connectivity index is 1.50. The van der Waals surface area contributed by atoms with E-state index >= 15 is 0 Å². The average molecular weight is 463 g/mol. The van der Waals surface area contributed by atoms with Gasteiger partial charge in [0.25, 0.3) is 0 Å². The van der Waals surface area contributed by atoms with E-state index in [1.54, 1.807) is 12.3 Å². The van der Waals surface area contributed by atoms with Crippen molar-refractivity contribution in [2.45, 2.75) is 27.2 Å². The molecule has 2 heterocycles. The lowest BCUT2D eigenvalue weighted by molar-refractivity contribution is -0.116. The number of carbonyl (C=O) groups excluding carboxylic acids is 1. The Hall–Kier alpha value is -3.09. The molecule has 4 rings (SSSR count). The molecule has 1 aliphatic heterocycles. The topological polar surface area (TPSA) is 63.9 Å². The van der Waals surface area contributed by atoms with Gasteiger partial charge in [-0.25, -0.2) is 0 Å². The van der Waals surface area contributed by atoms with E-state index in [2.05, 4.69) is 47.5 Å². The van der Waals surface area contributed by atoms with Crippen LogP contribution in [0.3, 0.4) is 0 Å². The second kappa shape index (κ2) is 11.4. The van der Waals surface area contributed by atoms with Crippen molar-refractivity contribution in [1.29, 1.82) is 0 Å². The molecule has 1 N–H and O–H groups in total. The van der Waals surface area contributed by atoms with Crippen molar-refractivity contribution in [3.63, 3.8) is 0 Å². The predicted octanol–water partition coefficient (Wildman–Crippen LogP) is 5.05. The molecule has 180 valence electrons. The lowest BCUT2D eigenvalue weighted by Gasteiger charge is -2.26. The molecule has 0 unspecified atom stereocenters. The van der Waals surface area contributed by atoms with Gasteiger partial charge in [0, 0.05) is 48.3 Å². The molecule has 34 heavy (non-hydrogen) atoms. The normalized spacial score (nSPS) is 15.0. The molecule has 0 radical (unpaired) electrons. The largest absolute Gasteiger partial charge is 0.493 e. The van der Waals surface area contributed by atoms with Gasteiger partial charge in [0.15, 0.2) is 0 Å². The highest BCUT2D eigenvalue weighted by atomic mass is 16.5. The van der Waals surface area contributed by atoms with E-state index < -0.39 is 0 Å². The monoisotopic (exact) mass is 462 g/mol. The molecule has 1 aromatic heterocycles. The van der Waals surface area contributed by atoms with Crippen molar-refractivity contribution < 1.29 is 18.7 Å². The quantitative estimate of drug-likeness (QED) is 0.356. The van der Waals surface area contributed by atoms with Gasteiger partial charge >= 0.3 is 0 Å². The van der Waals surface area contributed by atoms with E-state index in [9.17, 15) is 4.79 Å². The summed E-state index contributed by atoms with van der Waals surface area (Å²) >= 11 is 0. The molecule has 0 saturated carbocycles. The van der Waals surface area contributed by atoms with Crippen LogP contribution in [-0.4, -0.2) is 56.8 Å². The fourth-order valence-electron chi connectivity index (χ4n) is 4.26. The number of allylic oxidation sites excluding steroid dienone is 1. The summed E-state index contributed by atoms with van der Waals surface area (Å²) in [5, 5.41) is 4.02. The first-order chi connectivity index (χ1) is 16.5. The van der Waals surface area contributed by atoms with Gasteiger partial charge in [-0.05, 0) is 50.9 Å². The zero-order chi connectivity index (χ0) is 23.9. The van der Waals surface area contributed by atoms with Crippen LogP contribution in [0.15, 0.2) is 53.2 Å². The van der Waals surface area contributed by atoms with Gasteiger partial charge in [0.2, 0.25) is 5.91 Å². The Labute approximate surface area is 201 Å². The Morgan fingerprint density at radius 2 is 1.94 bits per heavy atom. The fraction of sp³-hybridized carbons (Fsp3) is 0.393. The van der Waals surface area contributed by atoms with Crippen molar-refractivity contribution in [1.82, 2.24) is 10.2 Å². The molecule has 1 fully saturated rings. The van der Waals surface area contributed by atoms with Crippen molar-refractivity contribution in [3.05, 3.63) is 59.9 Å². The maximum atomic E-state index is 12.6. The zero-order valence-electron chi connectivity index (χ0n) is 20.4. The number of furan rings is 1. The zero-order valence-corrected chi connectivity index (χ0v) is 20.4. The van der Waals surface area contributed by atoms with Crippen LogP contribution >= 0.6 is 0 Å². The lowest BCUT2D eigenvalue weighted by Crippen LogP contribution is -2.38. The van der Waals surface area contributed by atoms with Crippen molar-refractivity contribution in [2.24, 2.45) is 0 Å². The number of fused-ring (bicyclic) bond motifs is 1. The van der Waals surface area contributed by atoms with Crippen LogP contribution in [0.4, 0.5) is 0 Å². The third-order valence-electron chi connectivity index (χ3n) is 6.16.